The molecular weight excluding hydrogens is 220 g/mol. The van der Waals surface area contributed by atoms with Gasteiger partial charge in [0.15, 0.2) is 0 Å². The molecule has 0 aromatic heterocycles. The van der Waals surface area contributed by atoms with Gasteiger partial charge in [0.1, 0.15) is 0 Å². The zero-order valence-corrected chi connectivity index (χ0v) is 11.4. The van der Waals surface area contributed by atoms with E-state index in [1.165, 1.54) is 57.9 Å². The summed E-state index contributed by atoms with van der Waals surface area (Å²) in [7, 11) is 0. The minimum absolute atomic E-state index is 0.270. The van der Waals surface area contributed by atoms with E-state index in [9.17, 15) is 5.26 Å². The average molecular weight is 246 g/mol. The van der Waals surface area contributed by atoms with Crippen LogP contribution in [0.15, 0.2) is 0 Å². The van der Waals surface area contributed by atoms with E-state index in [0.29, 0.717) is 6.04 Å². The van der Waals surface area contributed by atoms with Gasteiger partial charge < -0.3 is 5.32 Å². The Morgan fingerprint density at radius 2 is 1.89 bits per heavy atom. The van der Waals surface area contributed by atoms with Crippen LogP contribution in [0.3, 0.4) is 0 Å². The maximum Gasteiger partial charge on any atom is 0.0672 e. The zero-order chi connectivity index (χ0) is 12.4. The third kappa shape index (κ3) is 2.57. The van der Waals surface area contributed by atoms with Crippen molar-refractivity contribution in [2.24, 2.45) is 23.7 Å². The van der Waals surface area contributed by atoms with Gasteiger partial charge in [0.05, 0.1) is 12.0 Å². The summed E-state index contributed by atoms with van der Waals surface area (Å²) in [5.41, 5.74) is 0. The van der Waals surface area contributed by atoms with Gasteiger partial charge in [0, 0.05) is 6.04 Å². The van der Waals surface area contributed by atoms with Crippen LogP contribution in [0.1, 0.15) is 57.8 Å². The van der Waals surface area contributed by atoms with Gasteiger partial charge in [-0.15, -0.1) is 0 Å². The fraction of sp³-hybridized carbons (Fsp3) is 0.938. The van der Waals surface area contributed by atoms with Crippen molar-refractivity contribution >= 4 is 0 Å². The number of hydrogen-bond donors (Lipinski definition) is 1. The van der Waals surface area contributed by atoms with E-state index in [1.54, 1.807) is 0 Å². The molecule has 0 saturated heterocycles. The molecular formula is C16H26N2. The Hall–Kier alpha value is -0.550. The fourth-order valence-corrected chi connectivity index (χ4v) is 4.64. The summed E-state index contributed by atoms with van der Waals surface area (Å²) in [6.07, 6.45) is 12.2. The van der Waals surface area contributed by atoms with Gasteiger partial charge in [-0.05, 0) is 56.4 Å². The smallest absolute Gasteiger partial charge is 0.0672 e. The molecule has 3 rings (SSSR count). The van der Waals surface area contributed by atoms with E-state index in [4.69, 9.17) is 0 Å². The van der Waals surface area contributed by atoms with Gasteiger partial charge in [-0.2, -0.15) is 5.26 Å². The van der Waals surface area contributed by atoms with Crippen LogP contribution in [0.4, 0.5) is 0 Å². The molecule has 3 saturated carbocycles. The van der Waals surface area contributed by atoms with Crippen LogP contribution in [0.25, 0.3) is 0 Å². The summed E-state index contributed by atoms with van der Waals surface area (Å²) in [6, 6.07) is 3.02. The molecule has 5 unspecified atom stereocenters. The molecule has 0 heterocycles. The number of nitriles is 1. The number of hydrogen-bond acceptors (Lipinski definition) is 2. The number of fused-ring (bicyclic) bond motifs is 2. The minimum atomic E-state index is 0.270. The van der Waals surface area contributed by atoms with Gasteiger partial charge >= 0.3 is 0 Å². The normalized spacial score (nSPS) is 43.6. The lowest BCUT2D eigenvalue weighted by molar-refractivity contribution is 0.287. The van der Waals surface area contributed by atoms with Gasteiger partial charge in [-0.1, -0.05) is 25.7 Å². The van der Waals surface area contributed by atoms with Gasteiger partial charge in [-0.25, -0.2) is 0 Å². The van der Waals surface area contributed by atoms with Crippen LogP contribution in [-0.2, 0) is 0 Å². The van der Waals surface area contributed by atoms with Crippen LogP contribution >= 0.6 is 0 Å². The molecule has 3 fully saturated rings. The van der Waals surface area contributed by atoms with Crippen LogP contribution < -0.4 is 5.32 Å². The Bertz CT molecular complexity index is 320. The highest BCUT2D eigenvalue weighted by molar-refractivity contribution is 4.96. The van der Waals surface area contributed by atoms with Crippen molar-refractivity contribution in [3.05, 3.63) is 0 Å². The summed E-state index contributed by atoms with van der Waals surface area (Å²) in [4.78, 5) is 0. The van der Waals surface area contributed by atoms with Gasteiger partial charge in [-0.3, -0.25) is 0 Å². The monoisotopic (exact) mass is 246 g/mol. The molecule has 2 heteroatoms. The molecule has 1 N–H and O–H groups in total. The molecule has 18 heavy (non-hydrogen) atoms. The zero-order valence-electron chi connectivity index (χ0n) is 11.4. The van der Waals surface area contributed by atoms with Gasteiger partial charge in [0.25, 0.3) is 0 Å². The number of rotatable bonds is 3. The van der Waals surface area contributed by atoms with Crippen molar-refractivity contribution in [2.45, 2.75) is 63.8 Å². The lowest BCUT2D eigenvalue weighted by Crippen LogP contribution is -2.39. The van der Waals surface area contributed by atoms with Crippen molar-refractivity contribution in [1.82, 2.24) is 5.32 Å². The molecule has 100 valence electrons. The van der Waals surface area contributed by atoms with Crippen LogP contribution in [0, 0.1) is 35.0 Å². The Labute approximate surface area is 111 Å². The molecule has 3 aliphatic carbocycles. The fourth-order valence-electron chi connectivity index (χ4n) is 4.64. The summed E-state index contributed by atoms with van der Waals surface area (Å²) in [6.45, 7) is 1.18. The van der Waals surface area contributed by atoms with Crippen molar-refractivity contribution in [2.75, 3.05) is 6.54 Å². The predicted molar refractivity (Wildman–Crippen MR) is 72.9 cm³/mol. The summed E-state index contributed by atoms with van der Waals surface area (Å²) < 4.78 is 0. The first kappa shape index (κ1) is 12.5. The molecule has 3 aliphatic rings. The van der Waals surface area contributed by atoms with Crippen molar-refractivity contribution in [3.8, 4) is 6.07 Å². The van der Waals surface area contributed by atoms with Gasteiger partial charge in [0.2, 0.25) is 0 Å². The van der Waals surface area contributed by atoms with E-state index in [-0.39, 0.29) is 5.92 Å². The quantitative estimate of drug-likeness (QED) is 0.774. The summed E-state index contributed by atoms with van der Waals surface area (Å²) in [5.74, 6) is 3.24. The second kappa shape index (κ2) is 5.61. The maximum absolute atomic E-state index is 9.29. The highest BCUT2D eigenvalue weighted by atomic mass is 14.9. The first-order valence-electron chi connectivity index (χ1n) is 8.00. The van der Waals surface area contributed by atoms with Crippen LogP contribution in [0.2, 0.25) is 0 Å². The highest BCUT2D eigenvalue weighted by Gasteiger charge is 2.39. The molecule has 0 aliphatic heterocycles. The largest absolute Gasteiger partial charge is 0.312 e. The van der Waals surface area contributed by atoms with Crippen molar-refractivity contribution < 1.29 is 0 Å². The Kier molecular flexibility index (Phi) is 3.89. The van der Waals surface area contributed by atoms with Crippen molar-refractivity contribution in [3.63, 3.8) is 0 Å². The predicted octanol–water partition coefficient (Wildman–Crippen LogP) is 3.48. The average Bonchev–Trinajstić information content (AvgIpc) is 2.93. The van der Waals surface area contributed by atoms with E-state index in [2.05, 4.69) is 11.4 Å². The van der Waals surface area contributed by atoms with Crippen LogP contribution in [0.5, 0.6) is 0 Å². The lowest BCUT2D eigenvalue weighted by atomic mass is 9.88. The minimum Gasteiger partial charge on any atom is -0.312 e. The summed E-state index contributed by atoms with van der Waals surface area (Å²) >= 11 is 0. The standard InChI is InChI=1S/C16H26N2/c17-10-14-4-2-1-3-5-16(14)18-11-15-9-12-6-7-13(15)8-12/h12-16,18H,1-9,11H2. The Morgan fingerprint density at radius 1 is 1.00 bits per heavy atom. The molecule has 0 spiro atoms. The Morgan fingerprint density at radius 3 is 2.61 bits per heavy atom. The van der Waals surface area contributed by atoms with E-state index < -0.39 is 0 Å². The highest BCUT2D eigenvalue weighted by Crippen LogP contribution is 2.48. The molecule has 2 nitrogen and oxygen atoms in total. The second-order valence-corrected chi connectivity index (χ2v) is 6.82. The molecule has 5 atom stereocenters. The van der Waals surface area contributed by atoms with E-state index in [0.717, 1.165) is 24.2 Å². The molecule has 2 bridgehead atoms. The molecule has 0 radical (unpaired) electrons. The van der Waals surface area contributed by atoms with Crippen LogP contribution in [-0.4, -0.2) is 12.6 Å². The molecule has 0 aromatic carbocycles. The van der Waals surface area contributed by atoms with E-state index >= 15 is 0 Å². The first-order chi connectivity index (χ1) is 8.86. The topological polar surface area (TPSA) is 35.8 Å². The molecule has 0 aromatic rings. The number of nitrogens with zero attached hydrogens (tertiary/aromatic N) is 1. The van der Waals surface area contributed by atoms with E-state index in [1.807, 2.05) is 0 Å². The van der Waals surface area contributed by atoms with Crippen molar-refractivity contribution in [1.29, 1.82) is 5.26 Å². The lowest BCUT2D eigenvalue weighted by Gasteiger charge is -2.27. The molecule has 0 amide bonds. The third-order valence-corrected chi connectivity index (χ3v) is 5.71. The maximum atomic E-state index is 9.29. The summed E-state index contributed by atoms with van der Waals surface area (Å²) in [5, 5.41) is 13.1. The first-order valence-corrected chi connectivity index (χ1v) is 8.00. The third-order valence-electron chi connectivity index (χ3n) is 5.71. The second-order valence-electron chi connectivity index (χ2n) is 6.82. The Balaban J connectivity index is 1.50. The number of nitrogens with one attached hydrogen (secondary N) is 1. The SMILES string of the molecule is N#CC1CCCCCC1NCC1CC2CCC1C2.